The van der Waals surface area contributed by atoms with Crippen molar-refractivity contribution in [3.05, 3.63) is 72.6 Å². The molecule has 0 aliphatic carbocycles. The minimum atomic E-state index is -0.415. The molecule has 0 aliphatic rings. The fraction of sp³-hybridized carbons (Fsp3) is 0.158. The topological polar surface area (TPSA) is 47.4 Å². The molecule has 1 aromatic heterocycles. The summed E-state index contributed by atoms with van der Waals surface area (Å²) < 4.78 is 7.41. The molecule has 1 amide bonds. The number of ether oxygens (including phenoxy) is 1. The summed E-state index contributed by atoms with van der Waals surface area (Å²) in [6.45, 7) is 0. The Kier molecular flexibility index (Phi) is 5.40. The van der Waals surface area contributed by atoms with Crippen LogP contribution in [0, 0.1) is 0 Å². The lowest BCUT2D eigenvalue weighted by molar-refractivity contribution is 0.209. The van der Waals surface area contributed by atoms with Gasteiger partial charge < -0.3 is 9.30 Å². The highest BCUT2D eigenvalue weighted by molar-refractivity contribution is 7.98. The summed E-state index contributed by atoms with van der Waals surface area (Å²) in [6.07, 6.45) is 3.30. The number of aromatic nitrogens is 2. The van der Waals surface area contributed by atoms with E-state index < -0.39 is 6.09 Å². The summed E-state index contributed by atoms with van der Waals surface area (Å²) >= 11 is 1.66. The van der Waals surface area contributed by atoms with Gasteiger partial charge in [0.05, 0.1) is 0 Å². The van der Waals surface area contributed by atoms with Gasteiger partial charge in [-0.2, -0.15) is 0 Å². The molecule has 0 radical (unpaired) electrons. The molecule has 3 aromatic rings. The SMILES string of the molecule is CN(C(=O)Oc1ccc(CSc2nccn2C)cc1)c1ccccc1. The molecule has 1 heterocycles. The first-order valence-electron chi connectivity index (χ1n) is 7.83. The molecule has 0 N–H and O–H groups in total. The van der Waals surface area contributed by atoms with Crippen LogP contribution in [0.2, 0.25) is 0 Å². The lowest BCUT2D eigenvalue weighted by Gasteiger charge is -2.16. The molecule has 5 nitrogen and oxygen atoms in total. The van der Waals surface area contributed by atoms with E-state index in [-0.39, 0.29) is 0 Å². The molecule has 0 fully saturated rings. The Labute approximate surface area is 151 Å². The summed E-state index contributed by atoms with van der Waals surface area (Å²) in [5, 5.41) is 0.972. The quantitative estimate of drug-likeness (QED) is 0.640. The molecule has 2 aromatic carbocycles. The van der Waals surface area contributed by atoms with Gasteiger partial charge in [0, 0.05) is 37.9 Å². The van der Waals surface area contributed by atoms with Crippen LogP contribution in [-0.2, 0) is 12.8 Å². The second-order valence-electron chi connectivity index (χ2n) is 5.52. The van der Waals surface area contributed by atoms with Crippen molar-refractivity contribution in [2.75, 3.05) is 11.9 Å². The highest BCUT2D eigenvalue weighted by Gasteiger charge is 2.13. The Morgan fingerprint density at radius 2 is 1.88 bits per heavy atom. The third-order valence-electron chi connectivity index (χ3n) is 3.69. The highest BCUT2D eigenvalue weighted by atomic mass is 32.2. The van der Waals surface area contributed by atoms with E-state index in [4.69, 9.17) is 4.74 Å². The number of aryl methyl sites for hydroxylation is 1. The Balaban J connectivity index is 1.57. The van der Waals surface area contributed by atoms with Gasteiger partial charge in [0.15, 0.2) is 5.16 Å². The standard InChI is InChI=1S/C19H19N3O2S/c1-21-13-12-20-18(21)25-14-15-8-10-17(11-9-15)24-19(23)22(2)16-6-4-3-5-7-16/h3-13H,14H2,1-2H3. The Morgan fingerprint density at radius 1 is 1.16 bits per heavy atom. The molecule has 0 atom stereocenters. The van der Waals surface area contributed by atoms with Crippen LogP contribution in [0.15, 0.2) is 72.1 Å². The van der Waals surface area contributed by atoms with Gasteiger partial charge in [0.25, 0.3) is 0 Å². The maximum Gasteiger partial charge on any atom is 0.419 e. The fourth-order valence-electron chi connectivity index (χ4n) is 2.22. The second-order valence-corrected chi connectivity index (χ2v) is 6.46. The van der Waals surface area contributed by atoms with E-state index in [0.29, 0.717) is 5.75 Å². The molecule has 0 saturated carbocycles. The van der Waals surface area contributed by atoms with Crippen molar-refractivity contribution in [3.63, 3.8) is 0 Å². The van der Waals surface area contributed by atoms with Gasteiger partial charge >= 0.3 is 6.09 Å². The molecule has 0 spiro atoms. The molecule has 0 bridgehead atoms. The Bertz CT molecular complexity index is 831. The largest absolute Gasteiger partial charge is 0.419 e. The lowest BCUT2D eigenvalue weighted by Crippen LogP contribution is -2.29. The normalized spacial score (nSPS) is 10.5. The van der Waals surface area contributed by atoms with Crippen LogP contribution in [0.5, 0.6) is 5.75 Å². The number of para-hydroxylation sites is 1. The van der Waals surface area contributed by atoms with Crippen LogP contribution in [0.3, 0.4) is 0 Å². The number of amides is 1. The molecule has 0 unspecified atom stereocenters. The van der Waals surface area contributed by atoms with Crippen molar-refractivity contribution >= 4 is 23.5 Å². The third-order valence-corrected chi connectivity index (χ3v) is 4.82. The minimum absolute atomic E-state index is 0.415. The number of thioether (sulfide) groups is 1. The van der Waals surface area contributed by atoms with Crippen LogP contribution in [-0.4, -0.2) is 22.7 Å². The highest BCUT2D eigenvalue weighted by Crippen LogP contribution is 2.22. The van der Waals surface area contributed by atoms with Crippen molar-refractivity contribution in [2.24, 2.45) is 7.05 Å². The molecule has 6 heteroatoms. The smallest absolute Gasteiger partial charge is 0.410 e. The van der Waals surface area contributed by atoms with Crippen molar-refractivity contribution in [3.8, 4) is 5.75 Å². The predicted molar refractivity (Wildman–Crippen MR) is 100 cm³/mol. The van der Waals surface area contributed by atoms with E-state index in [1.54, 1.807) is 25.0 Å². The first kappa shape index (κ1) is 17.1. The lowest BCUT2D eigenvalue weighted by atomic mass is 10.2. The number of carbonyl (C=O) groups excluding carboxylic acids is 1. The summed E-state index contributed by atoms with van der Waals surface area (Å²) in [6, 6.07) is 16.9. The molecule has 0 aliphatic heterocycles. The number of hydrogen-bond donors (Lipinski definition) is 0. The average molecular weight is 353 g/mol. The Morgan fingerprint density at radius 3 is 2.52 bits per heavy atom. The second kappa shape index (κ2) is 7.90. The number of imidazole rings is 1. The molecular weight excluding hydrogens is 334 g/mol. The summed E-state index contributed by atoms with van der Waals surface area (Å²) in [5.74, 6) is 1.33. The first-order chi connectivity index (χ1) is 12.1. The summed E-state index contributed by atoms with van der Waals surface area (Å²) in [5.41, 5.74) is 1.93. The zero-order valence-corrected chi connectivity index (χ0v) is 14.9. The number of rotatable bonds is 5. The first-order valence-corrected chi connectivity index (χ1v) is 8.81. The zero-order chi connectivity index (χ0) is 17.6. The maximum absolute atomic E-state index is 12.2. The third kappa shape index (κ3) is 4.42. The van der Waals surface area contributed by atoms with Crippen LogP contribution in [0.25, 0.3) is 0 Å². The van der Waals surface area contributed by atoms with E-state index in [1.165, 1.54) is 4.90 Å². The predicted octanol–water partition coefficient (Wildman–Crippen LogP) is 4.35. The summed E-state index contributed by atoms with van der Waals surface area (Å²) in [7, 11) is 3.66. The van der Waals surface area contributed by atoms with Crippen molar-refractivity contribution in [2.45, 2.75) is 10.9 Å². The number of nitrogens with zero attached hydrogens (tertiary/aromatic N) is 3. The van der Waals surface area contributed by atoms with Crippen LogP contribution >= 0.6 is 11.8 Å². The van der Waals surface area contributed by atoms with Gasteiger partial charge in [0.2, 0.25) is 0 Å². The van der Waals surface area contributed by atoms with Crippen molar-refractivity contribution in [1.29, 1.82) is 0 Å². The number of benzene rings is 2. The number of anilines is 1. The summed E-state index contributed by atoms with van der Waals surface area (Å²) in [4.78, 5) is 18.0. The van der Waals surface area contributed by atoms with E-state index in [1.807, 2.05) is 72.4 Å². The van der Waals surface area contributed by atoms with Gasteiger partial charge in [-0.3, -0.25) is 4.90 Å². The number of hydrogen-bond acceptors (Lipinski definition) is 4. The van der Waals surface area contributed by atoms with Crippen LogP contribution in [0.4, 0.5) is 10.5 Å². The fourth-order valence-corrected chi connectivity index (χ4v) is 3.11. The molecule has 0 saturated heterocycles. The van der Waals surface area contributed by atoms with Gasteiger partial charge in [-0.25, -0.2) is 9.78 Å². The van der Waals surface area contributed by atoms with E-state index >= 15 is 0 Å². The van der Waals surface area contributed by atoms with E-state index in [0.717, 1.165) is 22.2 Å². The Hall–Kier alpha value is -2.73. The van der Waals surface area contributed by atoms with Crippen LogP contribution in [0.1, 0.15) is 5.56 Å². The monoisotopic (exact) mass is 353 g/mol. The van der Waals surface area contributed by atoms with E-state index in [2.05, 4.69) is 4.98 Å². The number of carbonyl (C=O) groups is 1. The molecule has 128 valence electrons. The average Bonchev–Trinajstić information content (AvgIpc) is 3.06. The van der Waals surface area contributed by atoms with Crippen LogP contribution < -0.4 is 9.64 Å². The minimum Gasteiger partial charge on any atom is -0.410 e. The molecule has 25 heavy (non-hydrogen) atoms. The van der Waals surface area contributed by atoms with Gasteiger partial charge in [-0.1, -0.05) is 42.1 Å². The van der Waals surface area contributed by atoms with Crippen molar-refractivity contribution in [1.82, 2.24) is 9.55 Å². The van der Waals surface area contributed by atoms with E-state index in [9.17, 15) is 4.79 Å². The molecule has 3 rings (SSSR count). The molecular formula is C19H19N3O2S. The zero-order valence-electron chi connectivity index (χ0n) is 14.1. The maximum atomic E-state index is 12.2. The van der Waals surface area contributed by atoms with Crippen molar-refractivity contribution < 1.29 is 9.53 Å². The van der Waals surface area contributed by atoms with Gasteiger partial charge in [-0.05, 0) is 29.8 Å². The van der Waals surface area contributed by atoms with Gasteiger partial charge in [-0.15, -0.1) is 0 Å². The van der Waals surface area contributed by atoms with Gasteiger partial charge in [0.1, 0.15) is 5.75 Å².